The predicted molar refractivity (Wildman–Crippen MR) is 46.5 cm³/mol. The average Bonchev–Trinajstić information content (AvgIpc) is 1.63. The molecule has 0 fully saturated rings. The molecule has 0 saturated heterocycles. The second-order valence-corrected chi connectivity index (χ2v) is 3.24. The molecule has 0 amide bonds. The minimum atomic E-state index is 0.851. The van der Waals surface area contributed by atoms with E-state index >= 15 is 0 Å². The van der Waals surface area contributed by atoms with Crippen LogP contribution >= 0.6 is 0 Å². The van der Waals surface area contributed by atoms with Gasteiger partial charge in [0.05, 0.1) is 0 Å². The summed E-state index contributed by atoms with van der Waals surface area (Å²) in [6, 6.07) is 0. The van der Waals surface area contributed by atoms with E-state index in [-0.39, 0.29) is 0 Å². The molecule has 0 aliphatic heterocycles. The van der Waals surface area contributed by atoms with E-state index < -0.39 is 0 Å². The van der Waals surface area contributed by atoms with Gasteiger partial charge in [0.25, 0.3) is 0 Å². The Morgan fingerprint density at radius 3 is 2.33 bits per heavy atom. The van der Waals surface area contributed by atoms with Crippen LogP contribution in [0.25, 0.3) is 0 Å². The van der Waals surface area contributed by atoms with E-state index in [4.69, 9.17) is 0 Å². The zero-order chi connectivity index (χ0) is 7.28. The summed E-state index contributed by atoms with van der Waals surface area (Å²) in [4.78, 5) is 0. The van der Waals surface area contributed by atoms with Crippen molar-refractivity contribution in [3.63, 3.8) is 0 Å². The average molecular weight is 124 g/mol. The van der Waals surface area contributed by atoms with E-state index in [9.17, 15) is 0 Å². The monoisotopic (exact) mass is 124 g/mol. The van der Waals surface area contributed by atoms with Crippen molar-refractivity contribution in [2.75, 3.05) is 0 Å². The third-order valence-corrected chi connectivity index (χ3v) is 1.39. The summed E-state index contributed by atoms with van der Waals surface area (Å²) in [5.74, 6) is 0.851. The molecule has 9 heavy (non-hydrogen) atoms. The summed E-state index contributed by atoms with van der Waals surface area (Å²) < 4.78 is 0. The van der Waals surface area contributed by atoms with Crippen LogP contribution in [0.15, 0.2) is 0 Å². The van der Waals surface area contributed by atoms with Crippen LogP contribution in [0, 0.1) is 5.92 Å². The Morgan fingerprint density at radius 1 is 1.44 bits per heavy atom. The second-order valence-electron chi connectivity index (χ2n) is 3.24. The molecular formula is C8H17B. The van der Waals surface area contributed by atoms with Gasteiger partial charge in [-0.1, -0.05) is 0 Å². The van der Waals surface area contributed by atoms with Gasteiger partial charge in [-0.25, -0.2) is 0 Å². The van der Waals surface area contributed by atoms with Crippen molar-refractivity contribution in [3.8, 4) is 0 Å². The quantitative estimate of drug-likeness (QED) is 0.502. The van der Waals surface area contributed by atoms with Gasteiger partial charge in [-0.15, -0.1) is 0 Å². The molecule has 0 radical (unpaired) electrons. The van der Waals surface area contributed by atoms with Gasteiger partial charge in [0.15, 0.2) is 0 Å². The molecule has 0 N–H and O–H groups in total. The normalized spacial score (nSPS) is 10.1. The first-order valence-corrected chi connectivity index (χ1v) is 3.77. The van der Waals surface area contributed by atoms with E-state index in [1.807, 2.05) is 0 Å². The van der Waals surface area contributed by atoms with Gasteiger partial charge < -0.3 is 0 Å². The molecule has 0 unspecified atom stereocenters. The summed E-state index contributed by atoms with van der Waals surface area (Å²) in [5.41, 5.74) is 1.32. The maximum absolute atomic E-state index is 3.85. The van der Waals surface area contributed by atoms with Crippen LogP contribution in [-0.4, -0.2) is 13.0 Å². The zero-order valence-corrected chi connectivity index (χ0v) is 6.91. The zero-order valence-electron chi connectivity index (χ0n) is 6.91. The maximum atomic E-state index is 3.85. The van der Waals surface area contributed by atoms with Gasteiger partial charge >= 0.3 is 58.9 Å². The summed E-state index contributed by atoms with van der Waals surface area (Å²) in [6.07, 6.45) is 3.86. The van der Waals surface area contributed by atoms with Crippen LogP contribution in [0.4, 0.5) is 0 Å². The topological polar surface area (TPSA) is 0 Å². The Labute approximate surface area is 59.7 Å². The Bertz CT molecular complexity index is 84.6. The van der Waals surface area contributed by atoms with Gasteiger partial charge in [-0.3, -0.25) is 0 Å². The fraction of sp³-hybridized carbons (Fsp3) is 0.875. The fourth-order valence-electron chi connectivity index (χ4n) is 0.812. The second kappa shape index (κ2) is 4.78. The third kappa shape index (κ3) is 7.93. The van der Waals surface area contributed by atoms with Crippen molar-refractivity contribution < 1.29 is 0 Å². The molecule has 0 spiro atoms. The molecule has 0 rings (SSSR count). The van der Waals surface area contributed by atoms with Crippen molar-refractivity contribution in [1.82, 2.24) is 0 Å². The first-order chi connectivity index (χ1) is 4.13. The number of hydrogen-bond acceptors (Lipinski definition) is 0. The molecule has 0 saturated carbocycles. The molecular weight excluding hydrogens is 107 g/mol. The Hall–Kier alpha value is -0.0651. The van der Waals surface area contributed by atoms with E-state index in [0.717, 1.165) is 5.92 Å². The van der Waals surface area contributed by atoms with Crippen LogP contribution in [0.3, 0.4) is 0 Å². The van der Waals surface area contributed by atoms with Crippen molar-refractivity contribution in [1.29, 1.82) is 0 Å². The summed E-state index contributed by atoms with van der Waals surface area (Å²) in [5, 5.41) is 0. The molecule has 0 nitrogen and oxygen atoms in total. The van der Waals surface area contributed by atoms with E-state index in [0.29, 0.717) is 0 Å². The van der Waals surface area contributed by atoms with Crippen LogP contribution in [0.5, 0.6) is 0 Å². The van der Waals surface area contributed by atoms with E-state index in [1.54, 1.807) is 0 Å². The summed E-state index contributed by atoms with van der Waals surface area (Å²) >= 11 is 0. The Balaban J connectivity index is 3.01. The van der Waals surface area contributed by atoms with E-state index in [2.05, 4.69) is 28.3 Å². The van der Waals surface area contributed by atoms with Crippen molar-refractivity contribution >= 4 is 13.0 Å². The van der Waals surface area contributed by atoms with Gasteiger partial charge in [-0.05, 0) is 0 Å². The first kappa shape index (κ1) is 8.93. The predicted octanol–water partition coefficient (Wildman–Crippen LogP) is 1.91. The molecule has 1 heteroatoms. The molecule has 0 aliphatic carbocycles. The molecule has 0 heterocycles. The van der Waals surface area contributed by atoms with E-state index in [1.165, 1.54) is 24.7 Å². The summed E-state index contributed by atoms with van der Waals surface area (Å²) in [7, 11) is 3.85. The number of hydrogen-bond donors (Lipinski definition) is 0. The Kier molecular flexibility index (Phi) is 4.75. The van der Waals surface area contributed by atoms with Crippen LogP contribution in [0.2, 0.25) is 0 Å². The van der Waals surface area contributed by atoms with Crippen LogP contribution < -0.4 is 0 Å². The van der Waals surface area contributed by atoms with Gasteiger partial charge in [-0.2, -0.15) is 0 Å². The number of rotatable bonds is 4. The fourth-order valence-corrected chi connectivity index (χ4v) is 0.812. The SMILES string of the molecule is B=C(C)CCCC(C)C. The molecule has 0 atom stereocenters. The molecule has 0 aromatic carbocycles. The molecule has 52 valence electrons. The first-order valence-electron chi connectivity index (χ1n) is 3.77. The minimum absolute atomic E-state index is 0.851. The van der Waals surface area contributed by atoms with Crippen molar-refractivity contribution in [2.24, 2.45) is 5.92 Å². The molecule has 0 aromatic heterocycles. The molecule has 0 bridgehead atoms. The van der Waals surface area contributed by atoms with Gasteiger partial charge in [0, 0.05) is 0 Å². The van der Waals surface area contributed by atoms with Crippen molar-refractivity contribution in [3.05, 3.63) is 0 Å². The van der Waals surface area contributed by atoms with Crippen LogP contribution in [0.1, 0.15) is 40.0 Å². The third-order valence-electron chi connectivity index (χ3n) is 1.39. The van der Waals surface area contributed by atoms with Crippen LogP contribution in [-0.2, 0) is 0 Å². The van der Waals surface area contributed by atoms with Crippen molar-refractivity contribution in [2.45, 2.75) is 40.0 Å². The standard InChI is InChI=1S/C8H17B/c1-7(2)5-4-6-8(3)9/h7,9H,4-6H2,1-3H3. The van der Waals surface area contributed by atoms with Gasteiger partial charge in [0.2, 0.25) is 0 Å². The van der Waals surface area contributed by atoms with Gasteiger partial charge in [0.1, 0.15) is 0 Å². The Morgan fingerprint density at radius 2 is 2.00 bits per heavy atom. The molecule has 0 aromatic rings. The molecule has 0 aliphatic rings. The summed E-state index contributed by atoms with van der Waals surface area (Å²) in [6.45, 7) is 6.62.